The monoisotopic (exact) mass is 308 g/mol. The van der Waals surface area contributed by atoms with E-state index in [9.17, 15) is 18.4 Å². The third-order valence-corrected chi connectivity index (χ3v) is 4.51. The van der Waals surface area contributed by atoms with E-state index in [1.54, 1.807) is 0 Å². The molecule has 1 saturated carbocycles. The van der Waals surface area contributed by atoms with E-state index in [0.717, 1.165) is 6.42 Å². The van der Waals surface area contributed by atoms with Crippen LogP contribution in [0.4, 0.5) is 5.69 Å². The molecule has 9 heteroatoms. The van der Waals surface area contributed by atoms with Crippen molar-refractivity contribution in [2.75, 3.05) is 0 Å². The van der Waals surface area contributed by atoms with Gasteiger partial charge in [-0.15, -0.1) is 0 Å². The fourth-order valence-electron chi connectivity index (χ4n) is 1.76. The Kier molecular flexibility index (Phi) is 4.18. The van der Waals surface area contributed by atoms with E-state index in [4.69, 9.17) is 5.26 Å². The molecule has 21 heavy (non-hydrogen) atoms. The van der Waals surface area contributed by atoms with Crippen molar-refractivity contribution >= 4 is 21.6 Å². The minimum absolute atomic E-state index is 0.108. The third-order valence-electron chi connectivity index (χ3n) is 3.15. The number of benzene rings is 1. The van der Waals surface area contributed by atoms with Gasteiger partial charge in [-0.3, -0.25) is 4.79 Å². The van der Waals surface area contributed by atoms with Crippen molar-refractivity contribution < 1.29 is 18.1 Å². The maximum absolute atomic E-state index is 12.0. The highest BCUT2D eigenvalue weighted by Gasteiger charge is 2.28. The highest BCUT2D eigenvalue weighted by molar-refractivity contribution is 7.90. The van der Waals surface area contributed by atoms with Crippen molar-refractivity contribution in [3.05, 3.63) is 29.5 Å². The SMILES string of the molecule is N#C[N+]([O-])=Nc1ccc(S(=O)(=O)NC(=O)C2CCC2)cc1. The lowest BCUT2D eigenvalue weighted by atomic mass is 9.85. The molecular formula is C12H12N4O4S. The van der Waals surface area contributed by atoms with Gasteiger partial charge >= 0.3 is 6.19 Å². The summed E-state index contributed by atoms with van der Waals surface area (Å²) in [4.78, 5) is 11.4. The highest BCUT2D eigenvalue weighted by Crippen LogP contribution is 2.27. The topological polar surface area (TPSA) is 125 Å². The predicted molar refractivity (Wildman–Crippen MR) is 70.4 cm³/mol. The number of rotatable bonds is 4. The van der Waals surface area contributed by atoms with E-state index < -0.39 is 15.9 Å². The van der Waals surface area contributed by atoms with Crippen LogP contribution >= 0.6 is 0 Å². The summed E-state index contributed by atoms with van der Waals surface area (Å²) >= 11 is 0. The third kappa shape index (κ3) is 3.55. The minimum atomic E-state index is -3.93. The number of carbonyl (C=O) groups excluding carboxylic acids is 1. The quantitative estimate of drug-likeness (QED) is 0.295. The molecule has 0 heterocycles. The first kappa shape index (κ1) is 14.9. The molecule has 0 radical (unpaired) electrons. The van der Waals surface area contributed by atoms with Crippen LogP contribution in [-0.2, 0) is 14.8 Å². The van der Waals surface area contributed by atoms with Crippen molar-refractivity contribution in [2.24, 2.45) is 11.0 Å². The number of hydrogen-bond acceptors (Lipinski definition) is 6. The maximum atomic E-state index is 12.0. The molecule has 0 atom stereocenters. The lowest BCUT2D eigenvalue weighted by Gasteiger charge is -2.23. The van der Waals surface area contributed by atoms with Crippen LogP contribution in [0.25, 0.3) is 0 Å². The lowest BCUT2D eigenvalue weighted by Crippen LogP contribution is -2.38. The Labute approximate surface area is 121 Å². The van der Waals surface area contributed by atoms with Crippen molar-refractivity contribution in [3.8, 4) is 6.19 Å². The van der Waals surface area contributed by atoms with Gasteiger partial charge in [0.25, 0.3) is 10.0 Å². The number of nitrogens with one attached hydrogen (secondary N) is 1. The van der Waals surface area contributed by atoms with E-state index in [-0.39, 0.29) is 21.4 Å². The average Bonchev–Trinajstić information content (AvgIpc) is 2.36. The van der Waals surface area contributed by atoms with Gasteiger partial charge in [0.05, 0.1) is 4.90 Å². The van der Waals surface area contributed by atoms with E-state index in [1.165, 1.54) is 30.5 Å². The molecule has 1 aliphatic rings. The number of hydroxylamine groups is 1. The van der Waals surface area contributed by atoms with Gasteiger partial charge < -0.3 is 5.21 Å². The second kappa shape index (κ2) is 5.88. The molecule has 2 rings (SSSR count). The summed E-state index contributed by atoms with van der Waals surface area (Å²) < 4.78 is 26.0. The van der Waals surface area contributed by atoms with Gasteiger partial charge in [-0.05, 0) is 37.1 Å². The molecule has 1 N–H and O–H groups in total. The number of nitrogens with zero attached hydrogens (tertiary/aromatic N) is 3. The van der Waals surface area contributed by atoms with Gasteiger partial charge in [-0.25, -0.2) is 13.1 Å². The molecule has 110 valence electrons. The molecule has 0 aromatic heterocycles. The minimum Gasteiger partial charge on any atom is -0.682 e. The summed E-state index contributed by atoms with van der Waals surface area (Å²) in [5.41, 5.74) is 0.135. The lowest BCUT2D eigenvalue weighted by molar-refractivity contribution is -0.433. The van der Waals surface area contributed by atoms with Gasteiger partial charge in [0.2, 0.25) is 5.91 Å². The van der Waals surface area contributed by atoms with Crippen molar-refractivity contribution in [1.82, 2.24) is 4.72 Å². The van der Waals surface area contributed by atoms with Gasteiger partial charge in [-0.1, -0.05) is 16.4 Å². The predicted octanol–water partition coefficient (Wildman–Crippen LogP) is 1.37. The second-order valence-electron chi connectivity index (χ2n) is 4.56. The van der Waals surface area contributed by atoms with Crippen LogP contribution in [0.3, 0.4) is 0 Å². The zero-order chi connectivity index (χ0) is 15.5. The average molecular weight is 308 g/mol. The Morgan fingerprint density at radius 2 is 2.00 bits per heavy atom. The van der Waals surface area contributed by atoms with Crippen LogP contribution < -0.4 is 4.72 Å². The van der Waals surface area contributed by atoms with Gasteiger partial charge in [-0.2, -0.15) is 0 Å². The summed E-state index contributed by atoms with van der Waals surface area (Å²) in [5.74, 6) is -0.732. The fourth-order valence-corrected chi connectivity index (χ4v) is 2.81. The van der Waals surface area contributed by atoms with E-state index in [1.807, 2.05) is 4.72 Å². The molecule has 1 aromatic rings. The first-order valence-electron chi connectivity index (χ1n) is 6.18. The Bertz CT molecular complexity index is 715. The van der Waals surface area contributed by atoms with Crippen LogP contribution in [-0.4, -0.2) is 19.2 Å². The highest BCUT2D eigenvalue weighted by atomic mass is 32.2. The van der Waals surface area contributed by atoms with Gasteiger partial charge in [0.15, 0.2) is 5.26 Å². The Morgan fingerprint density at radius 1 is 1.38 bits per heavy atom. The second-order valence-corrected chi connectivity index (χ2v) is 6.25. The molecule has 1 amide bonds. The first-order valence-corrected chi connectivity index (χ1v) is 7.66. The van der Waals surface area contributed by atoms with Crippen LogP contribution in [0.1, 0.15) is 19.3 Å². The van der Waals surface area contributed by atoms with Crippen molar-refractivity contribution in [2.45, 2.75) is 24.2 Å². The normalized spacial score (nSPS) is 15.9. The van der Waals surface area contributed by atoms with E-state index in [2.05, 4.69) is 5.11 Å². The molecule has 0 saturated heterocycles. The summed E-state index contributed by atoms with van der Waals surface area (Å²) in [5, 5.41) is 22.4. The summed E-state index contributed by atoms with van der Waals surface area (Å²) in [6, 6.07) is 4.95. The van der Waals surface area contributed by atoms with Crippen LogP contribution in [0, 0.1) is 22.6 Å². The molecule has 1 aromatic carbocycles. The Morgan fingerprint density at radius 3 is 2.48 bits per heavy atom. The van der Waals surface area contributed by atoms with E-state index >= 15 is 0 Å². The number of nitriles is 1. The number of carbonyl (C=O) groups is 1. The number of hydrogen-bond donors (Lipinski definition) is 1. The largest absolute Gasteiger partial charge is 0.682 e. The smallest absolute Gasteiger partial charge is 0.485 e. The van der Waals surface area contributed by atoms with Gasteiger partial charge in [0, 0.05) is 5.92 Å². The summed E-state index contributed by atoms with van der Waals surface area (Å²) in [6.07, 6.45) is 3.58. The Balaban J connectivity index is 2.13. The zero-order valence-corrected chi connectivity index (χ0v) is 11.7. The van der Waals surface area contributed by atoms with Crippen molar-refractivity contribution in [1.29, 1.82) is 5.26 Å². The standard InChI is InChI=1S/C12H12N4O4S/c13-8-16(18)14-10-4-6-11(7-5-10)21(19,20)15-12(17)9-2-1-3-9/h4-7,9H,1-3H2,(H,15,17). The maximum Gasteiger partial charge on any atom is 0.485 e. The zero-order valence-electron chi connectivity index (χ0n) is 10.9. The molecule has 1 aliphatic carbocycles. The number of amides is 1. The summed E-state index contributed by atoms with van der Waals surface area (Å²) in [6.45, 7) is 0. The summed E-state index contributed by atoms with van der Waals surface area (Å²) in [7, 11) is -3.93. The van der Waals surface area contributed by atoms with Crippen molar-refractivity contribution in [3.63, 3.8) is 0 Å². The van der Waals surface area contributed by atoms with Gasteiger partial charge in [0.1, 0.15) is 5.69 Å². The Hall–Kier alpha value is -2.47. The number of azo groups is 1. The molecule has 8 nitrogen and oxygen atoms in total. The fraction of sp³-hybridized carbons (Fsp3) is 0.333. The number of sulfonamides is 1. The van der Waals surface area contributed by atoms with E-state index in [0.29, 0.717) is 12.8 Å². The van der Waals surface area contributed by atoms with Crippen LogP contribution in [0.15, 0.2) is 34.3 Å². The first-order chi connectivity index (χ1) is 9.92. The van der Waals surface area contributed by atoms with Crippen LogP contribution in [0.5, 0.6) is 0 Å². The molecule has 1 fully saturated rings. The molecule has 0 aliphatic heterocycles. The molecule has 0 spiro atoms. The molecular weight excluding hydrogens is 296 g/mol. The molecule has 0 bridgehead atoms. The van der Waals surface area contributed by atoms with Crippen LogP contribution in [0.2, 0.25) is 0 Å². The molecule has 0 unspecified atom stereocenters.